The van der Waals surface area contributed by atoms with Gasteiger partial charge in [-0.25, -0.2) is 0 Å². The van der Waals surface area contributed by atoms with Crippen molar-refractivity contribution in [1.82, 2.24) is 0 Å². The summed E-state index contributed by atoms with van der Waals surface area (Å²) >= 11 is 0. The van der Waals surface area contributed by atoms with E-state index in [0.717, 1.165) is 5.57 Å². The van der Waals surface area contributed by atoms with E-state index in [0.29, 0.717) is 6.42 Å². The minimum Gasteiger partial charge on any atom is -0.294 e. The topological polar surface area (TPSA) is 29.4 Å². The highest BCUT2D eigenvalue weighted by Gasteiger charge is 2.23. The molecular weight excluding hydrogens is 138 g/mol. The quantitative estimate of drug-likeness (QED) is 0.520. The Labute approximate surface area is 67.0 Å². The molecule has 0 aromatic carbocycles. The van der Waals surface area contributed by atoms with Crippen molar-refractivity contribution in [2.45, 2.75) is 27.2 Å². The molecule has 2 heteroatoms. The smallest absolute Gasteiger partial charge is 0.166 e. The molecule has 0 saturated heterocycles. The Morgan fingerprint density at radius 2 is 2.09 bits per heavy atom. The van der Waals surface area contributed by atoms with E-state index in [1.807, 2.05) is 20.8 Å². The van der Waals surface area contributed by atoms with Gasteiger partial charge in [-0.05, 0) is 5.41 Å². The van der Waals surface area contributed by atoms with E-state index in [4.69, 9.17) is 0 Å². The number of carbonyl (C=O) groups excluding carboxylic acids is 1. The van der Waals surface area contributed by atoms with Gasteiger partial charge in [0.25, 0.3) is 0 Å². The highest BCUT2D eigenvalue weighted by atomic mass is 16.1. The van der Waals surface area contributed by atoms with Crippen molar-refractivity contribution in [3.8, 4) is 0 Å². The summed E-state index contributed by atoms with van der Waals surface area (Å²) in [7, 11) is 0. The first-order valence-electron chi connectivity index (χ1n) is 3.77. The second kappa shape index (κ2) is 2.61. The molecule has 1 aliphatic rings. The Hall–Kier alpha value is -0.920. The molecule has 0 atom stereocenters. The SMILES string of the molecule is CC(C)(C)C1=CN=CCC1=O. The first-order valence-corrected chi connectivity index (χ1v) is 3.77. The summed E-state index contributed by atoms with van der Waals surface area (Å²) in [5, 5.41) is 0. The summed E-state index contributed by atoms with van der Waals surface area (Å²) in [6.07, 6.45) is 3.78. The van der Waals surface area contributed by atoms with Gasteiger partial charge in [-0.2, -0.15) is 0 Å². The molecule has 0 N–H and O–H groups in total. The van der Waals surface area contributed by atoms with Crippen molar-refractivity contribution in [2.24, 2.45) is 10.4 Å². The van der Waals surface area contributed by atoms with Crippen LogP contribution in [0.5, 0.6) is 0 Å². The summed E-state index contributed by atoms with van der Waals surface area (Å²) in [6.45, 7) is 6.08. The predicted molar refractivity (Wildman–Crippen MR) is 45.7 cm³/mol. The molecule has 0 saturated carbocycles. The monoisotopic (exact) mass is 151 g/mol. The predicted octanol–water partition coefficient (Wildman–Crippen LogP) is 1.96. The lowest BCUT2D eigenvalue weighted by molar-refractivity contribution is -0.115. The highest BCUT2D eigenvalue weighted by Crippen LogP contribution is 2.27. The van der Waals surface area contributed by atoms with Gasteiger partial charge < -0.3 is 0 Å². The Bertz CT molecular complexity index is 230. The molecule has 0 radical (unpaired) electrons. The summed E-state index contributed by atoms with van der Waals surface area (Å²) in [5.74, 6) is 0.201. The molecule has 2 nitrogen and oxygen atoms in total. The van der Waals surface area contributed by atoms with Crippen LogP contribution in [-0.2, 0) is 4.79 Å². The Morgan fingerprint density at radius 1 is 1.45 bits per heavy atom. The van der Waals surface area contributed by atoms with E-state index in [9.17, 15) is 4.79 Å². The van der Waals surface area contributed by atoms with Crippen LogP contribution in [0.4, 0.5) is 0 Å². The molecule has 1 rings (SSSR count). The fraction of sp³-hybridized carbons (Fsp3) is 0.556. The molecule has 0 unspecified atom stereocenters. The molecule has 0 aromatic heterocycles. The number of hydrogen-bond acceptors (Lipinski definition) is 2. The molecular formula is C9H13NO. The van der Waals surface area contributed by atoms with Crippen LogP contribution in [0.1, 0.15) is 27.2 Å². The second-order valence-corrected chi connectivity index (χ2v) is 3.75. The molecule has 1 heterocycles. The van der Waals surface area contributed by atoms with Gasteiger partial charge in [0.1, 0.15) is 0 Å². The average molecular weight is 151 g/mol. The maximum atomic E-state index is 11.3. The maximum absolute atomic E-state index is 11.3. The van der Waals surface area contributed by atoms with Gasteiger partial charge in [0.05, 0.1) is 0 Å². The third-order valence-corrected chi connectivity index (χ3v) is 1.69. The third kappa shape index (κ3) is 1.76. The molecule has 11 heavy (non-hydrogen) atoms. The van der Waals surface area contributed by atoms with Crippen LogP contribution in [-0.4, -0.2) is 12.0 Å². The van der Waals surface area contributed by atoms with Gasteiger partial charge in [-0.1, -0.05) is 20.8 Å². The van der Waals surface area contributed by atoms with E-state index < -0.39 is 0 Å². The van der Waals surface area contributed by atoms with E-state index in [1.165, 1.54) is 0 Å². The zero-order chi connectivity index (χ0) is 8.48. The van der Waals surface area contributed by atoms with E-state index in [-0.39, 0.29) is 11.2 Å². The van der Waals surface area contributed by atoms with Gasteiger partial charge in [-0.3, -0.25) is 9.79 Å². The normalized spacial score (nSPS) is 18.5. The number of rotatable bonds is 0. The van der Waals surface area contributed by atoms with Crippen molar-refractivity contribution in [3.63, 3.8) is 0 Å². The number of allylic oxidation sites excluding steroid dienone is 1. The summed E-state index contributed by atoms with van der Waals surface area (Å²) < 4.78 is 0. The van der Waals surface area contributed by atoms with Crippen molar-refractivity contribution in [2.75, 3.05) is 0 Å². The third-order valence-electron chi connectivity index (χ3n) is 1.69. The molecule has 0 aromatic rings. The van der Waals surface area contributed by atoms with Gasteiger partial charge in [0.15, 0.2) is 5.78 Å². The van der Waals surface area contributed by atoms with E-state index >= 15 is 0 Å². The van der Waals surface area contributed by atoms with Crippen molar-refractivity contribution < 1.29 is 4.79 Å². The maximum Gasteiger partial charge on any atom is 0.166 e. The first-order chi connectivity index (χ1) is 5.02. The first kappa shape index (κ1) is 8.18. The number of aliphatic imine (C=N–C) groups is 1. The summed E-state index contributed by atoms with van der Waals surface area (Å²) in [5.41, 5.74) is 0.773. The molecule has 0 fully saturated rings. The number of carbonyl (C=O) groups is 1. The van der Waals surface area contributed by atoms with Gasteiger partial charge in [-0.15, -0.1) is 0 Å². The highest BCUT2D eigenvalue weighted by molar-refractivity contribution is 6.05. The molecule has 0 bridgehead atoms. The summed E-state index contributed by atoms with van der Waals surface area (Å²) in [6, 6.07) is 0. The van der Waals surface area contributed by atoms with Crippen molar-refractivity contribution in [1.29, 1.82) is 0 Å². The van der Waals surface area contributed by atoms with Crippen LogP contribution in [0.3, 0.4) is 0 Å². The van der Waals surface area contributed by atoms with Crippen LogP contribution in [0.2, 0.25) is 0 Å². The zero-order valence-corrected chi connectivity index (χ0v) is 7.22. The van der Waals surface area contributed by atoms with Crippen molar-refractivity contribution in [3.05, 3.63) is 11.8 Å². The largest absolute Gasteiger partial charge is 0.294 e. The summed E-state index contributed by atoms with van der Waals surface area (Å²) in [4.78, 5) is 15.2. The van der Waals surface area contributed by atoms with Gasteiger partial charge in [0, 0.05) is 24.4 Å². The van der Waals surface area contributed by atoms with Crippen LogP contribution < -0.4 is 0 Å². The van der Waals surface area contributed by atoms with Crippen LogP contribution in [0.15, 0.2) is 16.8 Å². The lowest BCUT2D eigenvalue weighted by Gasteiger charge is -2.21. The Kier molecular flexibility index (Phi) is 1.94. The lowest BCUT2D eigenvalue weighted by atomic mass is 9.83. The molecule has 0 amide bonds. The number of nitrogens with zero attached hydrogens (tertiary/aromatic N) is 1. The fourth-order valence-electron chi connectivity index (χ4n) is 1.06. The second-order valence-electron chi connectivity index (χ2n) is 3.75. The standard InChI is InChI=1S/C9H13NO/c1-9(2,3)7-6-10-5-4-8(7)11/h5-6H,4H2,1-3H3. The van der Waals surface area contributed by atoms with E-state index in [2.05, 4.69) is 4.99 Å². The fourth-order valence-corrected chi connectivity index (χ4v) is 1.06. The molecule has 0 aliphatic carbocycles. The van der Waals surface area contributed by atoms with Gasteiger partial charge >= 0.3 is 0 Å². The number of hydrogen-bond donors (Lipinski definition) is 0. The average Bonchev–Trinajstić information content (AvgIpc) is 1.86. The van der Waals surface area contributed by atoms with Crippen molar-refractivity contribution >= 4 is 12.0 Å². The van der Waals surface area contributed by atoms with Crippen LogP contribution in [0.25, 0.3) is 0 Å². The Balaban J connectivity index is 2.93. The van der Waals surface area contributed by atoms with Crippen LogP contribution in [0, 0.1) is 5.41 Å². The lowest BCUT2D eigenvalue weighted by Crippen LogP contribution is -2.19. The minimum absolute atomic E-state index is 0.0607. The number of Topliss-reactive ketones (excluding diaryl/α,β-unsaturated/α-hetero) is 1. The molecule has 1 aliphatic heterocycles. The Morgan fingerprint density at radius 3 is 2.45 bits per heavy atom. The number of ketones is 1. The zero-order valence-electron chi connectivity index (χ0n) is 7.22. The molecule has 60 valence electrons. The van der Waals surface area contributed by atoms with Gasteiger partial charge in [0.2, 0.25) is 0 Å². The minimum atomic E-state index is -0.0607. The molecule has 0 spiro atoms. The van der Waals surface area contributed by atoms with Crippen LogP contribution >= 0.6 is 0 Å². The van der Waals surface area contributed by atoms with E-state index in [1.54, 1.807) is 12.4 Å².